The molecule has 0 atom stereocenters. The maximum atomic E-state index is 10.9. The summed E-state index contributed by atoms with van der Waals surface area (Å²) in [6.07, 6.45) is 2.98. The summed E-state index contributed by atoms with van der Waals surface area (Å²) in [6, 6.07) is 5.26. The third kappa shape index (κ3) is 3.31. The van der Waals surface area contributed by atoms with E-state index in [4.69, 9.17) is 10.5 Å². The molecule has 1 rings (SSSR count). The Balaban J connectivity index is 2.94. The van der Waals surface area contributed by atoms with Gasteiger partial charge < -0.3 is 15.2 Å². The number of anilines is 1. The number of methoxy groups -OCH3 is 1. The highest BCUT2D eigenvalue weighted by molar-refractivity contribution is 5.87. The normalized spacial score (nSPS) is 10.4. The van der Waals surface area contributed by atoms with E-state index < -0.39 is 5.97 Å². The molecule has 0 fully saturated rings. The fourth-order valence-electron chi connectivity index (χ4n) is 1.20. The van der Waals surface area contributed by atoms with Crippen LogP contribution in [-0.2, 0) is 9.53 Å². The lowest BCUT2D eigenvalue weighted by Crippen LogP contribution is -1.97. The van der Waals surface area contributed by atoms with Gasteiger partial charge in [0, 0.05) is 23.4 Å². The number of carbonyl (C=O) groups is 1. The molecule has 0 aliphatic rings. The molecule has 1 aromatic carbocycles. The van der Waals surface area contributed by atoms with Crippen LogP contribution in [0.5, 0.6) is 5.75 Å². The fourth-order valence-corrected chi connectivity index (χ4v) is 1.20. The van der Waals surface area contributed by atoms with E-state index in [0.717, 1.165) is 5.56 Å². The molecule has 4 nitrogen and oxygen atoms in total. The van der Waals surface area contributed by atoms with E-state index in [9.17, 15) is 4.79 Å². The maximum absolute atomic E-state index is 10.9. The number of carbonyl (C=O) groups excluding carboxylic acids is 1. The highest BCUT2D eigenvalue weighted by Crippen LogP contribution is 2.23. The zero-order valence-corrected chi connectivity index (χ0v) is 9.40. The molecule has 4 heteroatoms. The van der Waals surface area contributed by atoms with Crippen LogP contribution in [0.2, 0.25) is 0 Å². The zero-order valence-electron chi connectivity index (χ0n) is 9.40. The lowest BCUT2D eigenvalue weighted by molar-refractivity contribution is -0.134. The Morgan fingerprint density at radius 1 is 1.50 bits per heavy atom. The molecule has 0 spiro atoms. The number of nitrogens with two attached hydrogens (primary N) is 1. The largest absolute Gasteiger partial charge is 0.493 e. The minimum absolute atomic E-state index is 0.403. The van der Waals surface area contributed by atoms with Crippen molar-refractivity contribution in [2.24, 2.45) is 0 Å². The van der Waals surface area contributed by atoms with Crippen LogP contribution in [-0.4, -0.2) is 19.7 Å². The van der Waals surface area contributed by atoms with Crippen LogP contribution >= 0.6 is 0 Å². The van der Waals surface area contributed by atoms with Gasteiger partial charge in [-0.2, -0.15) is 0 Å². The van der Waals surface area contributed by atoms with E-state index in [-0.39, 0.29) is 0 Å². The van der Waals surface area contributed by atoms with Gasteiger partial charge in [-0.1, -0.05) is 0 Å². The van der Waals surface area contributed by atoms with E-state index >= 15 is 0 Å². The smallest absolute Gasteiger partial charge is 0.330 e. The highest BCUT2D eigenvalue weighted by Gasteiger charge is 2.01. The zero-order chi connectivity index (χ0) is 12.0. The second kappa shape index (κ2) is 5.80. The number of hydrogen-bond donors (Lipinski definition) is 1. The molecular weight excluding hydrogens is 206 g/mol. The first-order chi connectivity index (χ1) is 7.67. The fraction of sp³-hybridized carbons (Fsp3) is 0.250. The number of benzene rings is 1. The van der Waals surface area contributed by atoms with Gasteiger partial charge in [0.25, 0.3) is 0 Å². The SMILES string of the molecule is CCOc1cc(N)ccc1C=CC(=O)OC. The average molecular weight is 221 g/mol. The predicted octanol–water partition coefficient (Wildman–Crippen LogP) is 1.85. The highest BCUT2D eigenvalue weighted by atomic mass is 16.5. The summed E-state index contributed by atoms with van der Waals surface area (Å²) in [6.45, 7) is 2.43. The Morgan fingerprint density at radius 2 is 2.25 bits per heavy atom. The monoisotopic (exact) mass is 221 g/mol. The molecule has 0 aliphatic heterocycles. The van der Waals surface area contributed by atoms with Crippen LogP contribution in [0.15, 0.2) is 24.3 Å². The molecule has 0 unspecified atom stereocenters. The van der Waals surface area contributed by atoms with Crippen LogP contribution in [0.1, 0.15) is 12.5 Å². The Labute approximate surface area is 94.7 Å². The van der Waals surface area contributed by atoms with Gasteiger partial charge in [-0.3, -0.25) is 0 Å². The van der Waals surface area contributed by atoms with E-state index in [2.05, 4.69) is 4.74 Å². The van der Waals surface area contributed by atoms with Crippen molar-refractivity contribution in [2.45, 2.75) is 6.92 Å². The topological polar surface area (TPSA) is 61.5 Å². The van der Waals surface area contributed by atoms with Crippen LogP contribution in [0.3, 0.4) is 0 Å². The number of rotatable bonds is 4. The van der Waals surface area contributed by atoms with E-state index in [1.54, 1.807) is 24.3 Å². The summed E-state index contributed by atoms with van der Waals surface area (Å²) in [4.78, 5) is 10.9. The van der Waals surface area contributed by atoms with Crippen molar-refractivity contribution in [2.75, 3.05) is 19.5 Å². The second-order valence-corrected chi connectivity index (χ2v) is 3.09. The molecular formula is C12H15NO3. The summed E-state index contributed by atoms with van der Waals surface area (Å²) in [5.41, 5.74) is 7.06. The first-order valence-electron chi connectivity index (χ1n) is 4.95. The van der Waals surface area contributed by atoms with Gasteiger partial charge in [0.15, 0.2) is 0 Å². The second-order valence-electron chi connectivity index (χ2n) is 3.09. The molecule has 0 saturated heterocycles. The van der Waals surface area contributed by atoms with Crippen molar-refractivity contribution in [1.82, 2.24) is 0 Å². The van der Waals surface area contributed by atoms with Gasteiger partial charge in [-0.15, -0.1) is 0 Å². The van der Waals surface area contributed by atoms with Gasteiger partial charge in [0.1, 0.15) is 5.75 Å². The Bertz CT molecular complexity index is 399. The van der Waals surface area contributed by atoms with Crippen molar-refractivity contribution < 1.29 is 14.3 Å². The third-order valence-electron chi connectivity index (χ3n) is 1.94. The van der Waals surface area contributed by atoms with Crippen molar-refractivity contribution >= 4 is 17.7 Å². The number of nitrogen functional groups attached to an aromatic ring is 1. The molecule has 0 amide bonds. The molecule has 16 heavy (non-hydrogen) atoms. The standard InChI is InChI=1S/C12H15NO3/c1-3-16-11-8-10(13)6-4-9(11)5-7-12(14)15-2/h4-8H,3,13H2,1-2H3. The number of hydrogen-bond acceptors (Lipinski definition) is 4. The lowest BCUT2D eigenvalue weighted by Gasteiger charge is -2.07. The lowest BCUT2D eigenvalue weighted by atomic mass is 10.1. The molecule has 2 N–H and O–H groups in total. The van der Waals surface area contributed by atoms with E-state index in [1.807, 2.05) is 6.92 Å². The number of ether oxygens (including phenoxy) is 2. The molecule has 0 bridgehead atoms. The van der Waals surface area contributed by atoms with E-state index in [1.165, 1.54) is 13.2 Å². The van der Waals surface area contributed by atoms with Gasteiger partial charge in [0.2, 0.25) is 0 Å². The first kappa shape index (κ1) is 12.1. The Hall–Kier alpha value is -1.97. The van der Waals surface area contributed by atoms with Crippen LogP contribution in [0, 0.1) is 0 Å². The minimum atomic E-state index is -0.403. The van der Waals surface area contributed by atoms with Crippen molar-refractivity contribution in [3.63, 3.8) is 0 Å². The first-order valence-corrected chi connectivity index (χ1v) is 4.95. The summed E-state index contributed by atoms with van der Waals surface area (Å²) < 4.78 is 9.90. The summed E-state index contributed by atoms with van der Waals surface area (Å²) in [5, 5.41) is 0. The molecule has 86 valence electrons. The Morgan fingerprint density at radius 3 is 2.88 bits per heavy atom. The molecule has 0 saturated carbocycles. The van der Waals surface area contributed by atoms with Crippen LogP contribution in [0.4, 0.5) is 5.69 Å². The van der Waals surface area contributed by atoms with Gasteiger partial charge in [0.05, 0.1) is 13.7 Å². The Kier molecular flexibility index (Phi) is 4.39. The van der Waals surface area contributed by atoms with Crippen molar-refractivity contribution in [3.05, 3.63) is 29.8 Å². The van der Waals surface area contributed by atoms with Gasteiger partial charge in [-0.05, 0) is 25.1 Å². The molecule has 0 aliphatic carbocycles. The quantitative estimate of drug-likeness (QED) is 0.479. The van der Waals surface area contributed by atoms with Crippen LogP contribution < -0.4 is 10.5 Å². The van der Waals surface area contributed by atoms with Gasteiger partial charge >= 0.3 is 5.97 Å². The van der Waals surface area contributed by atoms with Gasteiger partial charge in [-0.25, -0.2) is 4.79 Å². The molecule has 0 radical (unpaired) electrons. The average Bonchev–Trinajstić information content (AvgIpc) is 2.28. The summed E-state index contributed by atoms with van der Waals surface area (Å²) in [7, 11) is 1.33. The van der Waals surface area contributed by atoms with Crippen molar-refractivity contribution in [1.29, 1.82) is 0 Å². The van der Waals surface area contributed by atoms with E-state index in [0.29, 0.717) is 18.0 Å². The third-order valence-corrected chi connectivity index (χ3v) is 1.94. The molecule has 0 heterocycles. The number of esters is 1. The maximum Gasteiger partial charge on any atom is 0.330 e. The summed E-state index contributed by atoms with van der Waals surface area (Å²) in [5.74, 6) is 0.252. The minimum Gasteiger partial charge on any atom is -0.493 e. The summed E-state index contributed by atoms with van der Waals surface area (Å²) >= 11 is 0. The van der Waals surface area contributed by atoms with Crippen LogP contribution in [0.25, 0.3) is 6.08 Å². The predicted molar refractivity (Wildman–Crippen MR) is 63.1 cm³/mol. The molecule has 1 aromatic rings. The van der Waals surface area contributed by atoms with Crippen molar-refractivity contribution in [3.8, 4) is 5.75 Å². The molecule has 0 aromatic heterocycles.